The zero-order valence-corrected chi connectivity index (χ0v) is 20.5. The highest BCUT2D eigenvalue weighted by molar-refractivity contribution is 5.80. The lowest BCUT2D eigenvalue weighted by Gasteiger charge is -2.15. The molecular weight excluding hydrogens is 432 g/mol. The molecule has 2 unspecified atom stereocenters. The normalized spacial score (nSPS) is 12.0. The van der Waals surface area contributed by atoms with Crippen molar-refractivity contribution in [3.05, 3.63) is 23.8 Å². The van der Waals surface area contributed by atoms with Crippen molar-refractivity contribution in [1.29, 1.82) is 0 Å². The van der Waals surface area contributed by atoms with Crippen LogP contribution in [0.2, 0.25) is 0 Å². The van der Waals surface area contributed by atoms with E-state index >= 15 is 0 Å². The molecule has 0 saturated carbocycles. The molecule has 1 rings (SSSR count). The van der Waals surface area contributed by atoms with Gasteiger partial charge in [-0.1, -0.05) is 39.2 Å². The number of unbranched alkanes of at least 4 members (excludes halogenated alkanes) is 1. The van der Waals surface area contributed by atoms with Gasteiger partial charge in [0.15, 0.2) is 30.2 Å². The number of phenolic OH excluding ortho intramolecular Hbond substituents is 2. The van der Waals surface area contributed by atoms with E-state index in [-0.39, 0.29) is 23.4 Å². The van der Waals surface area contributed by atoms with Crippen LogP contribution in [0.1, 0.15) is 70.7 Å². The van der Waals surface area contributed by atoms with E-state index in [1.165, 1.54) is 18.2 Å². The highest BCUT2D eigenvalue weighted by atomic mass is 16.7. The van der Waals surface area contributed by atoms with Crippen LogP contribution in [0.3, 0.4) is 0 Å². The Morgan fingerprint density at radius 3 is 2.12 bits per heavy atom. The van der Waals surface area contributed by atoms with Crippen LogP contribution in [-0.2, 0) is 19.0 Å². The summed E-state index contributed by atoms with van der Waals surface area (Å²) in [6.07, 6.45) is 3.30. The number of aldehydes is 1. The maximum atomic E-state index is 11.0. The number of aliphatic hydroxyl groups is 2. The minimum atomic E-state index is -1.39. The average Bonchev–Trinajstić information content (AvgIpc) is 2.81. The first-order chi connectivity index (χ1) is 15.7. The second-order valence-corrected chi connectivity index (χ2v) is 7.06. The molecule has 33 heavy (non-hydrogen) atoms. The third kappa shape index (κ3) is 17.0. The van der Waals surface area contributed by atoms with Crippen molar-refractivity contribution in [2.45, 2.75) is 72.7 Å². The van der Waals surface area contributed by atoms with Gasteiger partial charge in [-0.2, -0.15) is 0 Å². The number of para-hydroxylation sites is 1. The molecule has 9 heteroatoms. The number of phenols is 2. The van der Waals surface area contributed by atoms with Gasteiger partial charge in [0, 0.05) is 13.2 Å². The molecular formula is C24H42O9. The molecule has 9 nitrogen and oxygen atoms in total. The summed E-state index contributed by atoms with van der Waals surface area (Å²) in [7, 11) is 0. The molecule has 1 aromatic carbocycles. The molecule has 0 spiro atoms. The summed E-state index contributed by atoms with van der Waals surface area (Å²) >= 11 is 0. The predicted molar refractivity (Wildman–Crippen MR) is 125 cm³/mol. The monoisotopic (exact) mass is 474 g/mol. The van der Waals surface area contributed by atoms with Crippen LogP contribution in [0, 0.1) is 5.92 Å². The summed E-state index contributed by atoms with van der Waals surface area (Å²) in [6, 6.07) is 4.21. The van der Waals surface area contributed by atoms with Gasteiger partial charge in [-0.25, -0.2) is 4.79 Å². The molecule has 0 aliphatic rings. The SMILES string of the molecule is CCCCC(CC)COC(=O)C(O)CO.CCOC(C)OCC.O=Cc1cccc(O)c1O. The van der Waals surface area contributed by atoms with Crippen LogP contribution in [0.4, 0.5) is 0 Å². The van der Waals surface area contributed by atoms with Crippen molar-refractivity contribution in [2.24, 2.45) is 5.92 Å². The molecule has 0 heterocycles. The molecule has 0 aromatic heterocycles. The van der Waals surface area contributed by atoms with Crippen LogP contribution >= 0.6 is 0 Å². The fraction of sp³-hybridized carbons (Fsp3) is 0.667. The molecule has 0 aliphatic carbocycles. The second-order valence-electron chi connectivity index (χ2n) is 7.06. The van der Waals surface area contributed by atoms with Crippen LogP contribution in [0.5, 0.6) is 11.5 Å². The third-order valence-corrected chi connectivity index (χ3v) is 4.43. The van der Waals surface area contributed by atoms with E-state index in [1.54, 1.807) is 0 Å². The van der Waals surface area contributed by atoms with E-state index < -0.39 is 18.7 Å². The van der Waals surface area contributed by atoms with Gasteiger partial charge in [-0.05, 0) is 45.2 Å². The number of carbonyl (C=O) groups is 2. The smallest absolute Gasteiger partial charge is 0.337 e. The first-order valence-corrected chi connectivity index (χ1v) is 11.4. The van der Waals surface area contributed by atoms with Crippen LogP contribution in [0.15, 0.2) is 18.2 Å². The Hall–Kier alpha value is -2.20. The van der Waals surface area contributed by atoms with Gasteiger partial charge in [0.05, 0.1) is 18.8 Å². The topological polar surface area (TPSA) is 143 Å². The van der Waals surface area contributed by atoms with Crippen molar-refractivity contribution >= 4 is 12.3 Å². The first-order valence-electron chi connectivity index (χ1n) is 11.4. The lowest BCUT2D eigenvalue weighted by atomic mass is 10.0. The highest BCUT2D eigenvalue weighted by Gasteiger charge is 2.17. The first kappa shape index (κ1) is 33.0. The number of hydrogen-bond donors (Lipinski definition) is 4. The summed E-state index contributed by atoms with van der Waals surface area (Å²) in [5, 5.41) is 35.2. The molecule has 0 radical (unpaired) electrons. The maximum absolute atomic E-state index is 11.0. The van der Waals surface area contributed by atoms with Crippen molar-refractivity contribution in [1.82, 2.24) is 0 Å². The zero-order chi connectivity index (χ0) is 25.6. The fourth-order valence-corrected chi connectivity index (χ4v) is 2.43. The summed E-state index contributed by atoms with van der Waals surface area (Å²) in [5.74, 6) is -1.01. The van der Waals surface area contributed by atoms with Crippen molar-refractivity contribution in [2.75, 3.05) is 26.4 Å². The van der Waals surface area contributed by atoms with E-state index in [0.29, 0.717) is 18.8 Å². The lowest BCUT2D eigenvalue weighted by Crippen LogP contribution is -2.28. The van der Waals surface area contributed by atoms with E-state index in [0.717, 1.165) is 38.9 Å². The minimum Gasteiger partial charge on any atom is -0.504 e. The van der Waals surface area contributed by atoms with Gasteiger partial charge in [-0.15, -0.1) is 0 Å². The Kier molecular flexibility index (Phi) is 21.6. The van der Waals surface area contributed by atoms with Crippen molar-refractivity contribution in [3.63, 3.8) is 0 Å². The Balaban J connectivity index is 0. The highest BCUT2D eigenvalue weighted by Crippen LogP contribution is 2.26. The molecule has 192 valence electrons. The number of carbonyl (C=O) groups excluding carboxylic acids is 2. The Bertz CT molecular complexity index is 616. The van der Waals surface area contributed by atoms with Gasteiger partial charge in [0.2, 0.25) is 0 Å². The molecule has 1 aromatic rings. The fourth-order valence-electron chi connectivity index (χ4n) is 2.43. The summed E-state index contributed by atoms with van der Waals surface area (Å²) < 4.78 is 15.0. The minimum absolute atomic E-state index is 0.0370. The van der Waals surface area contributed by atoms with E-state index in [2.05, 4.69) is 13.8 Å². The number of benzene rings is 1. The number of ether oxygens (including phenoxy) is 3. The quantitative estimate of drug-likeness (QED) is 0.146. The summed E-state index contributed by atoms with van der Waals surface area (Å²) in [4.78, 5) is 21.1. The Morgan fingerprint density at radius 2 is 1.70 bits per heavy atom. The zero-order valence-electron chi connectivity index (χ0n) is 20.5. The van der Waals surface area contributed by atoms with Crippen LogP contribution < -0.4 is 0 Å². The number of esters is 1. The van der Waals surface area contributed by atoms with Gasteiger partial charge in [0.1, 0.15) is 0 Å². The van der Waals surface area contributed by atoms with Gasteiger partial charge in [0.25, 0.3) is 0 Å². The van der Waals surface area contributed by atoms with E-state index in [4.69, 9.17) is 34.6 Å². The lowest BCUT2D eigenvalue weighted by molar-refractivity contribution is -0.157. The molecule has 4 N–H and O–H groups in total. The maximum Gasteiger partial charge on any atom is 0.337 e. The molecule has 0 saturated heterocycles. The average molecular weight is 475 g/mol. The molecule has 0 bridgehead atoms. The molecule has 2 atom stereocenters. The predicted octanol–water partition coefficient (Wildman–Crippen LogP) is 3.41. The van der Waals surface area contributed by atoms with E-state index in [9.17, 15) is 9.59 Å². The number of rotatable bonds is 13. The van der Waals surface area contributed by atoms with Gasteiger partial charge < -0.3 is 34.6 Å². The van der Waals surface area contributed by atoms with E-state index in [1.807, 2.05) is 20.8 Å². The van der Waals surface area contributed by atoms with Gasteiger partial charge in [-0.3, -0.25) is 4.79 Å². The van der Waals surface area contributed by atoms with Gasteiger partial charge >= 0.3 is 5.97 Å². The summed E-state index contributed by atoms with van der Waals surface area (Å²) in [5.41, 5.74) is 0.0972. The largest absolute Gasteiger partial charge is 0.504 e. The third-order valence-electron chi connectivity index (χ3n) is 4.43. The van der Waals surface area contributed by atoms with Crippen LogP contribution in [-0.4, -0.2) is 71.5 Å². The molecule has 0 fully saturated rings. The molecule has 0 amide bonds. The Labute approximate surface area is 197 Å². The number of hydrogen-bond acceptors (Lipinski definition) is 9. The summed E-state index contributed by atoms with van der Waals surface area (Å²) in [6.45, 7) is 11.2. The second kappa shape index (κ2) is 21.6. The van der Waals surface area contributed by atoms with Crippen molar-refractivity contribution < 1.29 is 44.2 Å². The molecule has 0 aliphatic heterocycles. The van der Waals surface area contributed by atoms with Crippen molar-refractivity contribution in [3.8, 4) is 11.5 Å². The number of aromatic hydroxyl groups is 2. The van der Waals surface area contributed by atoms with Crippen LogP contribution in [0.25, 0.3) is 0 Å². The number of aliphatic hydroxyl groups excluding tert-OH is 2. The standard InChI is InChI=1S/C11H22O4.C7H6O3.C6H14O2/c1-3-5-6-9(4-2)8-15-11(14)10(13)7-12;8-4-5-2-1-3-6(9)7(5)10;1-4-7-6(3)8-5-2/h9-10,12-13H,3-8H2,1-2H3;1-4,9-10H;6H,4-5H2,1-3H3. The Morgan fingerprint density at radius 1 is 1.09 bits per heavy atom.